The minimum Gasteiger partial charge on any atom is -0.480 e. The number of hydrogen-bond donors (Lipinski definition) is 8. The fourth-order valence-corrected chi connectivity index (χ4v) is 2.72. The molecule has 0 spiro atoms. The Morgan fingerprint density at radius 2 is 1.45 bits per heavy atom. The Bertz CT molecular complexity index is 858. The normalized spacial score (nSPS) is 13.2. The number of nitrogens with two attached hydrogens (primary N) is 3. The van der Waals surface area contributed by atoms with Gasteiger partial charge in [0.1, 0.15) is 18.1 Å². The molecule has 1 rings (SSSR count). The topological polar surface area (TPSA) is 265 Å². The van der Waals surface area contributed by atoms with Gasteiger partial charge >= 0.3 is 5.97 Å². The third kappa shape index (κ3) is 10.2. The zero-order chi connectivity index (χ0) is 25.0. The van der Waals surface area contributed by atoms with Gasteiger partial charge in [-0.05, 0) is 12.8 Å². The molecule has 3 atom stereocenters. The lowest BCUT2D eigenvalue weighted by Gasteiger charge is -2.24. The maximum absolute atomic E-state index is 12.8. The van der Waals surface area contributed by atoms with Crippen molar-refractivity contribution < 1.29 is 33.9 Å². The molecule has 0 saturated heterocycles. The first-order valence-corrected chi connectivity index (χ1v) is 9.90. The SMILES string of the molecule is NCC(=O)NC(Cc1cnc[nH]1)C(=O)NC(CCC(N)=O)C(=O)NC(CCC(N)=O)C(=O)O. The highest BCUT2D eigenvalue weighted by atomic mass is 16.4. The number of carbonyl (C=O) groups is 6. The van der Waals surface area contributed by atoms with Crippen molar-refractivity contribution in [1.82, 2.24) is 25.9 Å². The van der Waals surface area contributed by atoms with Gasteiger partial charge in [-0.2, -0.15) is 0 Å². The highest BCUT2D eigenvalue weighted by Crippen LogP contribution is 2.05. The van der Waals surface area contributed by atoms with E-state index in [2.05, 4.69) is 25.9 Å². The summed E-state index contributed by atoms with van der Waals surface area (Å²) in [4.78, 5) is 77.4. The number of hydrogen-bond acceptors (Lipinski definition) is 8. The average molecular weight is 468 g/mol. The van der Waals surface area contributed by atoms with Crippen molar-refractivity contribution in [3.8, 4) is 0 Å². The van der Waals surface area contributed by atoms with Crippen molar-refractivity contribution in [2.24, 2.45) is 17.2 Å². The summed E-state index contributed by atoms with van der Waals surface area (Å²) in [5.41, 5.74) is 15.9. The molecule has 0 radical (unpaired) electrons. The van der Waals surface area contributed by atoms with Crippen molar-refractivity contribution >= 4 is 35.5 Å². The van der Waals surface area contributed by atoms with Crippen LogP contribution in [0, 0.1) is 0 Å². The van der Waals surface area contributed by atoms with Crippen LogP contribution in [0.2, 0.25) is 0 Å². The number of aliphatic carboxylic acids is 1. The summed E-state index contributed by atoms with van der Waals surface area (Å²) < 4.78 is 0. The molecule has 1 heterocycles. The van der Waals surface area contributed by atoms with Crippen LogP contribution in [-0.2, 0) is 35.2 Å². The van der Waals surface area contributed by atoms with E-state index in [1.54, 1.807) is 0 Å². The third-order valence-electron chi connectivity index (χ3n) is 4.42. The molecule has 15 nitrogen and oxygen atoms in total. The van der Waals surface area contributed by atoms with E-state index < -0.39 is 60.2 Å². The molecule has 11 N–H and O–H groups in total. The van der Waals surface area contributed by atoms with Crippen LogP contribution in [0.4, 0.5) is 0 Å². The van der Waals surface area contributed by atoms with E-state index >= 15 is 0 Å². The maximum atomic E-state index is 12.8. The number of carboxylic acids is 1. The number of aromatic nitrogens is 2. The molecular formula is C18H28N8O7. The van der Waals surface area contributed by atoms with Crippen molar-refractivity contribution in [2.45, 2.75) is 50.2 Å². The van der Waals surface area contributed by atoms with Gasteiger partial charge in [-0.1, -0.05) is 0 Å². The summed E-state index contributed by atoms with van der Waals surface area (Å²) in [5, 5.41) is 16.3. The predicted octanol–water partition coefficient (Wildman–Crippen LogP) is -4.02. The molecule has 182 valence electrons. The summed E-state index contributed by atoms with van der Waals surface area (Å²) in [6.07, 6.45) is 1.68. The molecule has 0 aromatic carbocycles. The van der Waals surface area contributed by atoms with Crippen LogP contribution in [0.15, 0.2) is 12.5 Å². The molecule has 33 heavy (non-hydrogen) atoms. The van der Waals surface area contributed by atoms with E-state index in [9.17, 15) is 33.9 Å². The molecule has 0 aliphatic rings. The number of carbonyl (C=O) groups excluding carboxylic acids is 5. The Hall–Kier alpha value is -4.01. The van der Waals surface area contributed by atoms with Gasteiger partial charge in [-0.3, -0.25) is 24.0 Å². The quantitative estimate of drug-likeness (QED) is 0.124. The molecule has 15 heteroatoms. The van der Waals surface area contributed by atoms with Gasteiger partial charge in [0.25, 0.3) is 0 Å². The maximum Gasteiger partial charge on any atom is 0.326 e. The molecule has 0 saturated carbocycles. The number of rotatable bonds is 15. The number of H-pyrrole nitrogens is 1. The molecule has 1 aromatic heterocycles. The van der Waals surface area contributed by atoms with Gasteiger partial charge in [0, 0.05) is 31.2 Å². The lowest BCUT2D eigenvalue weighted by molar-refractivity contribution is -0.142. The Labute approximate surface area is 188 Å². The average Bonchev–Trinajstić information content (AvgIpc) is 3.25. The minimum atomic E-state index is -1.46. The van der Waals surface area contributed by atoms with Crippen molar-refractivity contribution in [3.05, 3.63) is 18.2 Å². The standard InChI is InChI=1S/C18H28N8O7/c19-6-15(29)24-12(5-9-7-22-8-23-9)17(31)25-10(1-3-13(20)27)16(30)26-11(18(32)33)2-4-14(21)28/h7-8,10-12H,1-6,19H2,(H2,20,27)(H2,21,28)(H,22,23)(H,24,29)(H,25,31)(H,26,30)(H,32,33). The number of carboxylic acid groups (broad SMARTS) is 1. The summed E-state index contributed by atoms with van der Waals surface area (Å²) >= 11 is 0. The van der Waals surface area contributed by atoms with Crippen LogP contribution in [-0.4, -0.2) is 75.2 Å². The third-order valence-corrected chi connectivity index (χ3v) is 4.42. The van der Waals surface area contributed by atoms with Crippen LogP contribution in [0.25, 0.3) is 0 Å². The van der Waals surface area contributed by atoms with Crippen molar-refractivity contribution in [2.75, 3.05) is 6.54 Å². The van der Waals surface area contributed by atoms with Gasteiger partial charge in [0.15, 0.2) is 0 Å². The van der Waals surface area contributed by atoms with Gasteiger partial charge in [0.2, 0.25) is 29.5 Å². The first kappa shape index (κ1) is 27.0. The van der Waals surface area contributed by atoms with E-state index in [1.165, 1.54) is 12.5 Å². The lowest BCUT2D eigenvalue weighted by Crippen LogP contribution is -2.56. The van der Waals surface area contributed by atoms with E-state index in [0.29, 0.717) is 5.69 Å². The lowest BCUT2D eigenvalue weighted by atomic mass is 10.1. The van der Waals surface area contributed by atoms with Crippen LogP contribution >= 0.6 is 0 Å². The van der Waals surface area contributed by atoms with E-state index in [0.717, 1.165) is 0 Å². The van der Waals surface area contributed by atoms with Gasteiger partial charge < -0.3 is 43.2 Å². The molecule has 1 aromatic rings. The second-order valence-electron chi connectivity index (χ2n) is 7.08. The summed E-state index contributed by atoms with van der Waals surface area (Å²) in [5.74, 6) is -5.28. The Morgan fingerprint density at radius 3 is 1.94 bits per heavy atom. The van der Waals surface area contributed by atoms with E-state index in [1.807, 2.05) is 0 Å². The monoisotopic (exact) mass is 468 g/mol. The summed E-state index contributed by atoms with van der Waals surface area (Å²) in [7, 11) is 0. The number of nitrogens with one attached hydrogen (secondary N) is 4. The number of imidazole rings is 1. The molecule has 0 aliphatic carbocycles. The Morgan fingerprint density at radius 1 is 0.909 bits per heavy atom. The van der Waals surface area contributed by atoms with Crippen LogP contribution in [0.3, 0.4) is 0 Å². The van der Waals surface area contributed by atoms with E-state index in [-0.39, 0.29) is 32.1 Å². The summed E-state index contributed by atoms with van der Waals surface area (Å²) in [6.45, 7) is -0.390. The predicted molar refractivity (Wildman–Crippen MR) is 112 cm³/mol. The van der Waals surface area contributed by atoms with Gasteiger partial charge in [0.05, 0.1) is 12.9 Å². The van der Waals surface area contributed by atoms with Gasteiger partial charge in [-0.25, -0.2) is 9.78 Å². The Balaban J connectivity index is 2.99. The highest BCUT2D eigenvalue weighted by Gasteiger charge is 2.30. The molecule has 0 fully saturated rings. The van der Waals surface area contributed by atoms with Crippen LogP contribution in [0.1, 0.15) is 31.4 Å². The van der Waals surface area contributed by atoms with Gasteiger partial charge in [-0.15, -0.1) is 0 Å². The highest BCUT2D eigenvalue weighted by molar-refractivity contribution is 5.94. The zero-order valence-electron chi connectivity index (χ0n) is 17.7. The second-order valence-corrected chi connectivity index (χ2v) is 7.08. The number of primary amides is 2. The van der Waals surface area contributed by atoms with Crippen LogP contribution in [0.5, 0.6) is 0 Å². The number of amides is 5. The summed E-state index contributed by atoms with van der Waals surface area (Å²) in [6, 6.07) is -3.98. The number of aromatic amines is 1. The number of nitrogens with zero attached hydrogens (tertiary/aromatic N) is 1. The zero-order valence-corrected chi connectivity index (χ0v) is 17.7. The smallest absolute Gasteiger partial charge is 0.326 e. The van der Waals surface area contributed by atoms with Crippen LogP contribution < -0.4 is 33.2 Å². The molecule has 5 amide bonds. The first-order valence-electron chi connectivity index (χ1n) is 9.90. The minimum absolute atomic E-state index is 0.0158. The van der Waals surface area contributed by atoms with Crippen molar-refractivity contribution in [3.63, 3.8) is 0 Å². The second kappa shape index (κ2) is 13.4. The van der Waals surface area contributed by atoms with E-state index in [4.69, 9.17) is 17.2 Å². The largest absolute Gasteiger partial charge is 0.480 e. The first-order chi connectivity index (χ1) is 15.5. The molecule has 3 unspecified atom stereocenters. The Kier molecular flexibility index (Phi) is 11.0. The molecule has 0 bridgehead atoms. The molecular weight excluding hydrogens is 440 g/mol. The molecule has 0 aliphatic heterocycles. The fraction of sp³-hybridized carbons (Fsp3) is 0.500. The fourth-order valence-electron chi connectivity index (χ4n) is 2.72. The van der Waals surface area contributed by atoms with Crippen molar-refractivity contribution in [1.29, 1.82) is 0 Å².